The van der Waals surface area contributed by atoms with Gasteiger partial charge in [0.2, 0.25) is 5.91 Å². The van der Waals surface area contributed by atoms with Gasteiger partial charge in [-0.1, -0.05) is 24.3 Å². The normalized spacial score (nSPS) is 22.4. The molecule has 4 nitrogen and oxygen atoms in total. The molecule has 1 aliphatic rings. The number of aliphatic hydroxyl groups is 1. The van der Waals surface area contributed by atoms with Crippen molar-refractivity contribution in [3.8, 4) is 0 Å². The molecule has 0 radical (unpaired) electrons. The first-order valence-electron chi connectivity index (χ1n) is 6.73. The van der Waals surface area contributed by atoms with Crippen LogP contribution in [0, 0.1) is 5.92 Å². The van der Waals surface area contributed by atoms with Crippen LogP contribution < -0.4 is 5.32 Å². The molecule has 2 atom stereocenters. The molecule has 0 aromatic heterocycles. The van der Waals surface area contributed by atoms with E-state index in [1.165, 1.54) is 0 Å². The van der Waals surface area contributed by atoms with Crippen molar-refractivity contribution in [2.75, 3.05) is 7.11 Å². The van der Waals surface area contributed by atoms with Gasteiger partial charge < -0.3 is 15.2 Å². The predicted molar refractivity (Wildman–Crippen MR) is 72.3 cm³/mol. The summed E-state index contributed by atoms with van der Waals surface area (Å²) in [6, 6.07) is 7.95. The Morgan fingerprint density at radius 2 is 2.21 bits per heavy atom. The third-order valence-electron chi connectivity index (χ3n) is 3.59. The van der Waals surface area contributed by atoms with E-state index < -0.39 is 6.10 Å². The quantitative estimate of drug-likeness (QED) is 0.848. The second kappa shape index (κ2) is 6.68. The molecule has 0 heterocycles. The zero-order valence-corrected chi connectivity index (χ0v) is 11.3. The number of benzene rings is 1. The van der Waals surface area contributed by atoms with Gasteiger partial charge in [-0.2, -0.15) is 0 Å². The van der Waals surface area contributed by atoms with Gasteiger partial charge in [0.05, 0.1) is 18.6 Å². The number of carbonyl (C=O) groups excluding carboxylic acids is 1. The molecule has 1 aromatic rings. The van der Waals surface area contributed by atoms with Crippen LogP contribution in [0.25, 0.3) is 0 Å². The Labute approximate surface area is 113 Å². The summed E-state index contributed by atoms with van der Waals surface area (Å²) < 4.78 is 5.08. The van der Waals surface area contributed by atoms with Crippen molar-refractivity contribution in [3.63, 3.8) is 0 Å². The van der Waals surface area contributed by atoms with E-state index in [9.17, 15) is 9.90 Å². The summed E-state index contributed by atoms with van der Waals surface area (Å²) in [4.78, 5) is 11.9. The Balaban J connectivity index is 1.87. The van der Waals surface area contributed by atoms with E-state index in [2.05, 4.69) is 5.32 Å². The van der Waals surface area contributed by atoms with Gasteiger partial charge in [0.25, 0.3) is 0 Å². The van der Waals surface area contributed by atoms with Crippen LogP contribution in [-0.4, -0.2) is 24.2 Å². The summed E-state index contributed by atoms with van der Waals surface area (Å²) in [5.74, 6) is -0.274. The topological polar surface area (TPSA) is 58.6 Å². The highest BCUT2D eigenvalue weighted by Gasteiger charge is 2.31. The first-order chi connectivity index (χ1) is 9.20. The Hall–Kier alpha value is -1.39. The van der Waals surface area contributed by atoms with Crippen LogP contribution in [0.15, 0.2) is 24.3 Å². The summed E-state index contributed by atoms with van der Waals surface area (Å²) in [6.07, 6.45) is 1.99. The highest BCUT2D eigenvalue weighted by Crippen LogP contribution is 2.25. The number of methoxy groups -OCH3 is 1. The fourth-order valence-electron chi connectivity index (χ4n) is 2.56. The first-order valence-corrected chi connectivity index (χ1v) is 6.73. The molecular weight excluding hydrogens is 242 g/mol. The number of rotatable bonds is 5. The van der Waals surface area contributed by atoms with Crippen molar-refractivity contribution in [2.24, 2.45) is 5.92 Å². The molecule has 4 heteroatoms. The molecule has 0 bridgehead atoms. The molecule has 2 rings (SSSR count). The zero-order chi connectivity index (χ0) is 13.7. The van der Waals surface area contributed by atoms with Crippen LogP contribution in [0.5, 0.6) is 0 Å². The summed E-state index contributed by atoms with van der Waals surface area (Å²) in [7, 11) is 1.66. The van der Waals surface area contributed by atoms with Crippen LogP contribution in [0.3, 0.4) is 0 Å². The second-order valence-corrected chi connectivity index (χ2v) is 5.08. The maximum atomic E-state index is 11.9. The maximum absolute atomic E-state index is 11.9. The number of ether oxygens (including phenoxy) is 1. The average Bonchev–Trinajstić information content (AvgIpc) is 2.83. The SMILES string of the molecule is COCc1cccc(CNC(=O)C2CCCC2O)c1. The third kappa shape index (κ3) is 3.78. The van der Waals surface area contributed by atoms with E-state index in [-0.39, 0.29) is 11.8 Å². The lowest BCUT2D eigenvalue weighted by molar-refractivity contribution is -0.127. The Morgan fingerprint density at radius 1 is 1.42 bits per heavy atom. The van der Waals surface area contributed by atoms with Crippen molar-refractivity contribution in [3.05, 3.63) is 35.4 Å². The number of hydrogen-bond donors (Lipinski definition) is 2. The lowest BCUT2D eigenvalue weighted by Crippen LogP contribution is -2.34. The molecular formula is C15H21NO3. The van der Waals surface area contributed by atoms with Crippen LogP contribution in [-0.2, 0) is 22.7 Å². The fraction of sp³-hybridized carbons (Fsp3) is 0.533. The maximum Gasteiger partial charge on any atom is 0.225 e. The summed E-state index contributed by atoms with van der Waals surface area (Å²) in [6.45, 7) is 1.07. The number of aliphatic hydroxyl groups excluding tert-OH is 1. The van der Waals surface area contributed by atoms with Crippen LogP contribution in [0.1, 0.15) is 30.4 Å². The lowest BCUT2D eigenvalue weighted by atomic mass is 10.0. The van der Waals surface area contributed by atoms with E-state index in [0.29, 0.717) is 13.2 Å². The van der Waals surface area contributed by atoms with Crippen molar-refractivity contribution in [1.29, 1.82) is 0 Å². The van der Waals surface area contributed by atoms with E-state index in [0.717, 1.165) is 30.4 Å². The lowest BCUT2D eigenvalue weighted by Gasteiger charge is -2.14. The van der Waals surface area contributed by atoms with Crippen LogP contribution in [0.2, 0.25) is 0 Å². The minimum absolute atomic E-state index is 0.0397. The van der Waals surface area contributed by atoms with Crippen molar-refractivity contribution in [2.45, 2.75) is 38.5 Å². The van der Waals surface area contributed by atoms with Gasteiger partial charge in [0.15, 0.2) is 0 Å². The monoisotopic (exact) mass is 263 g/mol. The molecule has 1 fully saturated rings. The Bertz CT molecular complexity index is 433. The largest absolute Gasteiger partial charge is 0.392 e. The smallest absolute Gasteiger partial charge is 0.225 e. The van der Waals surface area contributed by atoms with Crippen molar-refractivity contribution >= 4 is 5.91 Å². The standard InChI is InChI=1S/C15H21NO3/c1-19-10-12-5-2-4-11(8-12)9-16-15(18)13-6-3-7-14(13)17/h2,4-5,8,13-14,17H,3,6-7,9-10H2,1H3,(H,16,18). The molecule has 104 valence electrons. The van der Waals surface area contributed by atoms with Gasteiger partial charge in [0, 0.05) is 13.7 Å². The summed E-state index contributed by atoms with van der Waals surface area (Å²) in [5.41, 5.74) is 2.14. The molecule has 2 unspecified atom stereocenters. The molecule has 0 spiro atoms. The average molecular weight is 263 g/mol. The third-order valence-corrected chi connectivity index (χ3v) is 3.59. The zero-order valence-electron chi connectivity index (χ0n) is 11.3. The van der Waals surface area contributed by atoms with Crippen molar-refractivity contribution < 1.29 is 14.6 Å². The van der Waals surface area contributed by atoms with Gasteiger partial charge in [-0.15, -0.1) is 0 Å². The second-order valence-electron chi connectivity index (χ2n) is 5.08. The number of nitrogens with one attached hydrogen (secondary N) is 1. The van der Waals surface area contributed by atoms with Gasteiger partial charge >= 0.3 is 0 Å². The van der Waals surface area contributed by atoms with Crippen molar-refractivity contribution in [1.82, 2.24) is 5.32 Å². The first kappa shape index (κ1) is 14.0. The van der Waals surface area contributed by atoms with Gasteiger partial charge in [0.1, 0.15) is 0 Å². The Kier molecular flexibility index (Phi) is 4.93. The molecule has 2 N–H and O–H groups in total. The molecule has 0 aliphatic heterocycles. The summed E-state index contributed by atoms with van der Waals surface area (Å²) in [5, 5.41) is 12.6. The molecule has 0 saturated heterocycles. The molecule has 1 saturated carbocycles. The van der Waals surface area contributed by atoms with E-state index in [1.54, 1.807) is 7.11 Å². The summed E-state index contributed by atoms with van der Waals surface area (Å²) >= 11 is 0. The minimum atomic E-state index is -0.472. The number of hydrogen-bond acceptors (Lipinski definition) is 3. The molecule has 1 aliphatic carbocycles. The fourth-order valence-corrected chi connectivity index (χ4v) is 2.56. The molecule has 19 heavy (non-hydrogen) atoms. The van der Waals surface area contributed by atoms with E-state index in [4.69, 9.17) is 4.74 Å². The van der Waals surface area contributed by atoms with Gasteiger partial charge in [-0.05, 0) is 30.4 Å². The number of amides is 1. The number of carbonyl (C=O) groups is 1. The predicted octanol–water partition coefficient (Wildman–Crippen LogP) is 1.61. The van der Waals surface area contributed by atoms with Crippen LogP contribution in [0.4, 0.5) is 0 Å². The highest BCUT2D eigenvalue weighted by atomic mass is 16.5. The highest BCUT2D eigenvalue weighted by molar-refractivity contribution is 5.79. The van der Waals surface area contributed by atoms with E-state index in [1.807, 2.05) is 24.3 Å². The van der Waals surface area contributed by atoms with Gasteiger partial charge in [-0.3, -0.25) is 4.79 Å². The molecule has 1 aromatic carbocycles. The van der Waals surface area contributed by atoms with Gasteiger partial charge in [-0.25, -0.2) is 0 Å². The molecule has 1 amide bonds. The van der Waals surface area contributed by atoms with E-state index >= 15 is 0 Å². The minimum Gasteiger partial charge on any atom is -0.392 e. The Morgan fingerprint density at radius 3 is 2.89 bits per heavy atom. The van der Waals surface area contributed by atoms with Crippen LogP contribution >= 0.6 is 0 Å².